The van der Waals surface area contributed by atoms with Crippen LogP contribution in [-0.4, -0.2) is 53.3 Å². The van der Waals surface area contributed by atoms with E-state index in [-0.39, 0.29) is 17.9 Å². The largest absolute Gasteiger partial charge is 0.336 e. The van der Waals surface area contributed by atoms with Gasteiger partial charge >= 0.3 is 0 Å². The zero-order valence-corrected chi connectivity index (χ0v) is 18.1. The number of nitrogens with one attached hydrogen (secondary N) is 1. The van der Waals surface area contributed by atoms with Gasteiger partial charge in [-0.15, -0.1) is 0 Å². The van der Waals surface area contributed by atoms with Crippen molar-refractivity contribution in [3.8, 4) is 0 Å². The summed E-state index contributed by atoms with van der Waals surface area (Å²) in [6, 6.07) is 1.80. The van der Waals surface area contributed by atoms with Gasteiger partial charge in [-0.1, -0.05) is 20.8 Å². The third-order valence-corrected chi connectivity index (χ3v) is 7.42. The Bertz CT molecular complexity index is 896. The van der Waals surface area contributed by atoms with Gasteiger partial charge in [-0.3, -0.25) is 19.0 Å². The highest BCUT2D eigenvalue weighted by molar-refractivity contribution is 7.90. The van der Waals surface area contributed by atoms with Gasteiger partial charge in [0, 0.05) is 25.6 Å². The monoisotopic (exact) mass is 410 g/mol. The zero-order valence-electron chi connectivity index (χ0n) is 17.3. The number of piperidine rings is 1. The van der Waals surface area contributed by atoms with Crippen molar-refractivity contribution in [2.24, 2.45) is 12.5 Å². The van der Waals surface area contributed by atoms with E-state index in [1.807, 2.05) is 20.8 Å². The van der Waals surface area contributed by atoms with Crippen LogP contribution in [0.2, 0.25) is 0 Å². The maximum absolute atomic E-state index is 13.1. The molecule has 0 radical (unpaired) electrons. The molecule has 1 aromatic heterocycles. The van der Waals surface area contributed by atoms with Gasteiger partial charge in [0.05, 0.1) is 16.4 Å². The molecule has 2 fully saturated rings. The molecule has 1 aliphatic carbocycles. The number of rotatable bonds is 4. The van der Waals surface area contributed by atoms with Gasteiger partial charge in [-0.2, -0.15) is 5.10 Å². The lowest BCUT2D eigenvalue weighted by atomic mass is 9.81. The van der Waals surface area contributed by atoms with Crippen molar-refractivity contribution in [2.75, 3.05) is 13.1 Å². The average Bonchev–Trinajstić information content (AvgIpc) is 3.36. The molecule has 2 aliphatic rings. The molecule has 0 spiro atoms. The lowest BCUT2D eigenvalue weighted by molar-refractivity contribution is -0.130. The number of aryl methyl sites for hydroxylation is 1. The number of likely N-dealkylation sites (tertiary alicyclic amines) is 1. The Balaban J connectivity index is 1.76. The van der Waals surface area contributed by atoms with Crippen molar-refractivity contribution in [3.05, 3.63) is 17.5 Å². The molecule has 1 unspecified atom stereocenters. The van der Waals surface area contributed by atoms with Crippen LogP contribution in [0.4, 0.5) is 0 Å². The van der Waals surface area contributed by atoms with E-state index in [4.69, 9.17) is 0 Å². The first-order chi connectivity index (χ1) is 12.8. The first-order valence-electron chi connectivity index (χ1n) is 9.73. The van der Waals surface area contributed by atoms with Crippen molar-refractivity contribution in [1.82, 2.24) is 19.4 Å². The number of nitrogens with zero attached hydrogens (tertiary/aromatic N) is 3. The molecule has 1 aliphatic heterocycles. The van der Waals surface area contributed by atoms with Crippen molar-refractivity contribution in [3.63, 3.8) is 0 Å². The van der Waals surface area contributed by atoms with E-state index >= 15 is 0 Å². The fourth-order valence-electron chi connectivity index (χ4n) is 3.51. The average molecular weight is 411 g/mol. The van der Waals surface area contributed by atoms with E-state index in [2.05, 4.69) is 9.82 Å². The maximum Gasteiger partial charge on any atom is 0.272 e. The van der Waals surface area contributed by atoms with Crippen LogP contribution in [0.5, 0.6) is 0 Å². The van der Waals surface area contributed by atoms with Gasteiger partial charge in [0.25, 0.3) is 5.91 Å². The molecule has 0 aromatic carbocycles. The Kier molecular flexibility index (Phi) is 5.10. The van der Waals surface area contributed by atoms with Gasteiger partial charge in [0.1, 0.15) is 5.69 Å². The second-order valence-electron chi connectivity index (χ2n) is 9.35. The first-order valence-corrected chi connectivity index (χ1v) is 11.3. The summed E-state index contributed by atoms with van der Waals surface area (Å²) in [4.78, 5) is 27.5. The minimum atomic E-state index is -3.60. The SMILES string of the molecule is Cn1nc(C(C)(C)C)cc1C(=O)N1CCCC(C)(C(=O)NS(=O)(=O)C2CC2)C1. The second kappa shape index (κ2) is 6.86. The van der Waals surface area contributed by atoms with Crippen LogP contribution in [0.3, 0.4) is 0 Å². The summed E-state index contributed by atoms with van der Waals surface area (Å²) in [6.07, 6.45) is 2.38. The zero-order chi connectivity index (χ0) is 20.9. The predicted molar refractivity (Wildman–Crippen MR) is 105 cm³/mol. The molecule has 3 rings (SSSR count). The summed E-state index contributed by atoms with van der Waals surface area (Å²) in [5, 5.41) is 4.00. The molecule has 1 atom stereocenters. The van der Waals surface area contributed by atoms with Crippen LogP contribution >= 0.6 is 0 Å². The summed E-state index contributed by atoms with van der Waals surface area (Å²) < 4.78 is 28.1. The molecule has 2 amide bonds. The van der Waals surface area contributed by atoms with Gasteiger partial charge in [0.15, 0.2) is 0 Å². The lowest BCUT2D eigenvalue weighted by Gasteiger charge is -2.39. The molecule has 1 aromatic rings. The normalized spacial score (nSPS) is 23.5. The van der Waals surface area contributed by atoms with Crippen LogP contribution in [0.25, 0.3) is 0 Å². The van der Waals surface area contributed by atoms with E-state index in [9.17, 15) is 18.0 Å². The van der Waals surface area contributed by atoms with E-state index in [1.165, 1.54) is 0 Å². The Morgan fingerprint density at radius 3 is 2.46 bits per heavy atom. The molecule has 1 N–H and O–H groups in total. The summed E-state index contributed by atoms with van der Waals surface area (Å²) in [6.45, 7) is 8.56. The number of amides is 2. The first kappa shape index (κ1) is 20.8. The second-order valence-corrected chi connectivity index (χ2v) is 11.3. The number of hydrogen-bond donors (Lipinski definition) is 1. The standard InChI is InChI=1S/C19H30N4O4S/c1-18(2,3)15-11-14(22(5)20-15)16(24)23-10-6-9-19(4,12-23)17(25)21-28(26,27)13-7-8-13/h11,13H,6-10,12H2,1-5H3,(H,21,25). The minimum Gasteiger partial charge on any atom is -0.336 e. The highest BCUT2D eigenvalue weighted by atomic mass is 32.2. The molecule has 28 heavy (non-hydrogen) atoms. The third-order valence-electron chi connectivity index (χ3n) is 5.60. The van der Waals surface area contributed by atoms with E-state index < -0.39 is 26.6 Å². The van der Waals surface area contributed by atoms with Crippen LogP contribution < -0.4 is 4.72 Å². The van der Waals surface area contributed by atoms with E-state index in [0.717, 1.165) is 5.69 Å². The van der Waals surface area contributed by atoms with Crippen molar-refractivity contribution >= 4 is 21.8 Å². The van der Waals surface area contributed by atoms with Crippen LogP contribution in [-0.2, 0) is 27.3 Å². The van der Waals surface area contributed by atoms with Gasteiger partial charge < -0.3 is 4.90 Å². The number of hydrogen-bond acceptors (Lipinski definition) is 5. The molecular formula is C19H30N4O4S. The predicted octanol–water partition coefficient (Wildman–Crippen LogP) is 1.57. The molecule has 1 saturated heterocycles. The van der Waals surface area contributed by atoms with Gasteiger partial charge in [-0.05, 0) is 38.7 Å². The van der Waals surface area contributed by atoms with Crippen molar-refractivity contribution < 1.29 is 18.0 Å². The fourth-order valence-corrected chi connectivity index (χ4v) is 4.94. The minimum absolute atomic E-state index is 0.177. The highest BCUT2D eigenvalue weighted by Crippen LogP contribution is 2.33. The summed E-state index contributed by atoms with van der Waals surface area (Å²) in [5.74, 6) is -0.702. The van der Waals surface area contributed by atoms with Crippen LogP contribution in [0.1, 0.15) is 69.6 Å². The quantitative estimate of drug-likeness (QED) is 0.812. The Labute approximate surface area is 166 Å². The summed E-state index contributed by atoms with van der Waals surface area (Å²) in [5.41, 5.74) is 0.192. The molecule has 156 valence electrons. The maximum atomic E-state index is 13.1. The highest BCUT2D eigenvalue weighted by Gasteiger charge is 2.44. The molecular weight excluding hydrogens is 380 g/mol. The molecule has 8 nitrogen and oxygen atoms in total. The molecule has 9 heteroatoms. The van der Waals surface area contributed by atoms with E-state index in [1.54, 1.807) is 29.6 Å². The van der Waals surface area contributed by atoms with Crippen molar-refractivity contribution in [1.29, 1.82) is 0 Å². The lowest BCUT2D eigenvalue weighted by Crippen LogP contribution is -2.53. The topological polar surface area (TPSA) is 101 Å². The van der Waals surface area contributed by atoms with Gasteiger partial charge in [0.2, 0.25) is 15.9 Å². The Morgan fingerprint density at radius 1 is 1.29 bits per heavy atom. The molecule has 0 bridgehead atoms. The van der Waals surface area contributed by atoms with Gasteiger partial charge in [-0.25, -0.2) is 8.42 Å². The van der Waals surface area contributed by atoms with Crippen molar-refractivity contribution in [2.45, 2.75) is 64.0 Å². The molecule has 2 heterocycles. The van der Waals surface area contributed by atoms with E-state index in [0.29, 0.717) is 37.9 Å². The molecule has 1 saturated carbocycles. The summed E-state index contributed by atoms with van der Waals surface area (Å²) in [7, 11) is -1.86. The number of sulfonamides is 1. The number of carbonyl (C=O) groups excluding carboxylic acids is 2. The number of carbonyl (C=O) groups is 2. The fraction of sp³-hybridized carbons (Fsp3) is 0.737. The Hall–Kier alpha value is -1.90. The smallest absolute Gasteiger partial charge is 0.272 e. The van der Waals surface area contributed by atoms with Crippen LogP contribution in [0, 0.1) is 5.41 Å². The third kappa shape index (κ3) is 4.09. The van der Waals surface area contributed by atoms with Crippen LogP contribution in [0.15, 0.2) is 6.07 Å². The Morgan fingerprint density at radius 2 is 1.93 bits per heavy atom. The summed E-state index contributed by atoms with van der Waals surface area (Å²) >= 11 is 0. The number of aromatic nitrogens is 2.